The van der Waals surface area contributed by atoms with Gasteiger partial charge in [0.05, 0.1) is 5.02 Å². The molecule has 1 aromatic rings. The minimum atomic E-state index is -0.951. The van der Waals surface area contributed by atoms with Gasteiger partial charge in [0.1, 0.15) is 5.02 Å². The Balaban J connectivity index is 2.67. The monoisotopic (exact) mass is 267 g/mol. The third-order valence-electron chi connectivity index (χ3n) is 1.52. The van der Waals surface area contributed by atoms with Crippen LogP contribution in [0, 0.1) is 5.95 Å². The Morgan fingerprint density at radius 1 is 1.50 bits per heavy atom. The SMILES string of the molecule is CCCC(=O)OOc1nc(F)c(Cl)cc1Cl. The van der Waals surface area contributed by atoms with E-state index in [2.05, 4.69) is 14.8 Å². The maximum absolute atomic E-state index is 12.9. The van der Waals surface area contributed by atoms with E-state index in [1.165, 1.54) is 0 Å². The number of halogens is 3. The predicted octanol–water partition coefficient (Wildman–Crippen LogP) is 3.16. The van der Waals surface area contributed by atoms with Crippen molar-refractivity contribution in [3.63, 3.8) is 0 Å². The van der Waals surface area contributed by atoms with E-state index in [9.17, 15) is 9.18 Å². The van der Waals surface area contributed by atoms with Gasteiger partial charge >= 0.3 is 5.97 Å². The number of carbonyl (C=O) groups is 1. The topological polar surface area (TPSA) is 48.4 Å². The summed E-state index contributed by atoms with van der Waals surface area (Å²) < 4.78 is 12.9. The molecule has 16 heavy (non-hydrogen) atoms. The number of nitrogens with zero attached hydrogens (tertiary/aromatic N) is 1. The van der Waals surface area contributed by atoms with Gasteiger partial charge in [0.25, 0.3) is 5.88 Å². The lowest BCUT2D eigenvalue weighted by Crippen LogP contribution is -2.08. The molecule has 4 nitrogen and oxygen atoms in total. The third-order valence-corrected chi connectivity index (χ3v) is 2.06. The molecule has 0 saturated heterocycles. The Labute approximate surface area is 101 Å². The fourth-order valence-corrected chi connectivity index (χ4v) is 1.21. The van der Waals surface area contributed by atoms with E-state index in [-0.39, 0.29) is 22.3 Å². The van der Waals surface area contributed by atoms with Gasteiger partial charge in [-0.15, -0.1) is 0 Å². The summed E-state index contributed by atoms with van der Waals surface area (Å²) in [4.78, 5) is 23.1. The highest BCUT2D eigenvalue weighted by molar-refractivity contribution is 6.35. The van der Waals surface area contributed by atoms with Gasteiger partial charge in [-0.05, 0) is 12.5 Å². The normalized spacial score (nSPS) is 10.0. The lowest BCUT2D eigenvalue weighted by molar-refractivity contribution is -0.215. The summed E-state index contributed by atoms with van der Waals surface area (Å²) >= 11 is 11.0. The van der Waals surface area contributed by atoms with E-state index in [1.54, 1.807) is 6.92 Å². The second-order valence-electron chi connectivity index (χ2n) is 2.84. The zero-order valence-electron chi connectivity index (χ0n) is 8.30. The van der Waals surface area contributed by atoms with Crippen LogP contribution in [-0.2, 0) is 9.68 Å². The van der Waals surface area contributed by atoms with Crippen LogP contribution in [0.1, 0.15) is 19.8 Å². The number of pyridine rings is 1. The minimum Gasteiger partial charge on any atom is -0.264 e. The zero-order valence-corrected chi connectivity index (χ0v) is 9.81. The first-order valence-electron chi connectivity index (χ1n) is 4.43. The fourth-order valence-electron chi connectivity index (χ4n) is 0.819. The maximum Gasteiger partial charge on any atom is 0.355 e. The molecule has 0 saturated carbocycles. The van der Waals surface area contributed by atoms with E-state index in [0.29, 0.717) is 6.42 Å². The molecular formula is C9H8Cl2FNO3. The quantitative estimate of drug-likeness (QED) is 0.478. The average molecular weight is 268 g/mol. The summed E-state index contributed by atoms with van der Waals surface area (Å²) in [6, 6.07) is 1.11. The highest BCUT2D eigenvalue weighted by Crippen LogP contribution is 2.27. The Kier molecular flexibility index (Phi) is 4.76. The van der Waals surface area contributed by atoms with Gasteiger partial charge in [-0.2, -0.15) is 9.37 Å². The largest absolute Gasteiger partial charge is 0.355 e. The molecule has 0 radical (unpaired) electrons. The highest BCUT2D eigenvalue weighted by Gasteiger charge is 2.13. The molecule has 1 rings (SSSR count). The molecule has 0 N–H and O–H groups in total. The lowest BCUT2D eigenvalue weighted by atomic mass is 10.3. The van der Waals surface area contributed by atoms with Gasteiger partial charge in [0, 0.05) is 6.42 Å². The molecule has 1 heterocycles. The van der Waals surface area contributed by atoms with Crippen molar-refractivity contribution in [2.45, 2.75) is 19.8 Å². The Hall–Kier alpha value is -1.07. The molecule has 0 aliphatic heterocycles. The molecule has 0 aliphatic rings. The Morgan fingerprint density at radius 3 is 2.81 bits per heavy atom. The second kappa shape index (κ2) is 5.86. The van der Waals surface area contributed by atoms with Crippen molar-refractivity contribution in [1.29, 1.82) is 0 Å². The zero-order chi connectivity index (χ0) is 12.1. The minimum absolute atomic E-state index is 0.0456. The molecule has 1 aromatic heterocycles. The van der Waals surface area contributed by atoms with Crippen LogP contribution in [0.4, 0.5) is 4.39 Å². The molecule has 7 heteroatoms. The molecule has 0 spiro atoms. The Bertz CT molecular complexity index is 401. The smallest absolute Gasteiger partial charge is 0.264 e. The van der Waals surface area contributed by atoms with Crippen LogP contribution in [0.2, 0.25) is 10.0 Å². The molecule has 0 unspecified atom stereocenters. The van der Waals surface area contributed by atoms with E-state index in [0.717, 1.165) is 6.07 Å². The molecule has 0 aliphatic carbocycles. The van der Waals surface area contributed by atoms with Gasteiger partial charge in [0.2, 0.25) is 5.95 Å². The highest BCUT2D eigenvalue weighted by atomic mass is 35.5. The third kappa shape index (κ3) is 3.50. The predicted molar refractivity (Wildman–Crippen MR) is 55.8 cm³/mol. The first-order valence-corrected chi connectivity index (χ1v) is 5.19. The Morgan fingerprint density at radius 2 is 2.19 bits per heavy atom. The van der Waals surface area contributed by atoms with E-state index < -0.39 is 11.9 Å². The van der Waals surface area contributed by atoms with Crippen molar-refractivity contribution in [2.75, 3.05) is 0 Å². The van der Waals surface area contributed by atoms with Crippen LogP contribution in [0.15, 0.2) is 6.07 Å². The number of carbonyl (C=O) groups excluding carboxylic acids is 1. The van der Waals surface area contributed by atoms with E-state index in [4.69, 9.17) is 23.2 Å². The summed E-state index contributed by atoms with van der Waals surface area (Å²) in [5, 5.41) is -0.284. The van der Waals surface area contributed by atoms with Crippen LogP contribution < -0.4 is 4.89 Å². The molecule has 0 fully saturated rings. The first kappa shape index (κ1) is 13.0. The molecule has 0 atom stereocenters. The van der Waals surface area contributed by atoms with E-state index >= 15 is 0 Å². The van der Waals surface area contributed by atoms with Crippen molar-refractivity contribution < 1.29 is 19.0 Å². The molecular weight excluding hydrogens is 260 g/mol. The van der Waals surface area contributed by atoms with Gasteiger partial charge < -0.3 is 0 Å². The van der Waals surface area contributed by atoms with Crippen molar-refractivity contribution in [3.8, 4) is 5.88 Å². The van der Waals surface area contributed by atoms with Crippen molar-refractivity contribution in [2.24, 2.45) is 0 Å². The van der Waals surface area contributed by atoms with Crippen molar-refractivity contribution in [3.05, 3.63) is 22.1 Å². The van der Waals surface area contributed by atoms with Crippen molar-refractivity contribution >= 4 is 29.2 Å². The van der Waals surface area contributed by atoms with Gasteiger partial charge in [-0.1, -0.05) is 30.1 Å². The summed E-state index contributed by atoms with van der Waals surface area (Å²) in [5.41, 5.74) is 0. The van der Waals surface area contributed by atoms with Crippen molar-refractivity contribution in [1.82, 2.24) is 4.98 Å². The van der Waals surface area contributed by atoms with Crippen LogP contribution >= 0.6 is 23.2 Å². The van der Waals surface area contributed by atoms with Gasteiger partial charge in [0.15, 0.2) is 0 Å². The van der Waals surface area contributed by atoms with Crippen LogP contribution in [0.5, 0.6) is 5.88 Å². The number of aromatic nitrogens is 1. The van der Waals surface area contributed by atoms with Crippen LogP contribution in [0.3, 0.4) is 0 Å². The summed E-state index contributed by atoms with van der Waals surface area (Å²) in [5.74, 6) is -1.88. The number of rotatable bonds is 4. The first-order chi connectivity index (χ1) is 7.54. The standard InChI is InChI=1S/C9H8Cl2FNO3/c1-2-3-7(14)15-16-9-6(11)4-5(10)8(12)13-9/h4H,2-3H2,1H3. The fraction of sp³-hybridized carbons (Fsp3) is 0.333. The molecule has 88 valence electrons. The number of hydrogen-bond donors (Lipinski definition) is 0. The number of hydrogen-bond acceptors (Lipinski definition) is 4. The summed E-state index contributed by atoms with van der Waals surface area (Å²) in [7, 11) is 0. The molecule has 0 bridgehead atoms. The molecule has 0 aromatic carbocycles. The van der Waals surface area contributed by atoms with E-state index in [1.807, 2.05) is 0 Å². The van der Waals surface area contributed by atoms with Crippen LogP contribution in [-0.4, -0.2) is 11.0 Å². The van der Waals surface area contributed by atoms with Gasteiger partial charge in [-0.3, -0.25) is 4.89 Å². The van der Waals surface area contributed by atoms with Gasteiger partial charge in [-0.25, -0.2) is 9.68 Å². The average Bonchev–Trinajstić information content (AvgIpc) is 2.22. The summed E-state index contributed by atoms with van der Waals surface area (Å²) in [6.45, 7) is 1.80. The summed E-state index contributed by atoms with van der Waals surface area (Å²) in [6.07, 6.45) is 0.798. The van der Waals surface area contributed by atoms with Crippen LogP contribution in [0.25, 0.3) is 0 Å². The second-order valence-corrected chi connectivity index (χ2v) is 3.65. The maximum atomic E-state index is 12.9. The molecule has 0 amide bonds. The lowest BCUT2D eigenvalue weighted by Gasteiger charge is -2.04.